The van der Waals surface area contributed by atoms with Crippen LogP contribution in [0.5, 0.6) is 0 Å². The van der Waals surface area contributed by atoms with E-state index in [1.807, 2.05) is 18.2 Å². The Labute approximate surface area is 126 Å². The first-order valence-corrected chi connectivity index (χ1v) is 6.97. The summed E-state index contributed by atoms with van der Waals surface area (Å²) in [6.07, 6.45) is 3.62. The van der Waals surface area contributed by atoms with Crippen molar-refractivity contribution in [3.8, 4) is 0 Å². The van der Waals surface area contributed by atoms with Crippen molar-refractivity contribution in [2.24, 2.45) is 0 Å². The number of nitrogens with zero attached hydrogens (tertiary/aromatic N) is 2. The number of anilines is 1. The fourth-order valence-corrected chi connectivity index (χ4v) is 2.38. The van der Waals surface area contributed by atoms with Crippen LogP contribution in [0.2, 0.25) is 5.02 Å². The Morgan fingerprint density at radius 3 is 2.95 bits per heavy atom. The van der Waals surface area contributed by atoms with Crippen molar-refractivity contribution >= 4 is 28.3 Å². The molecule has 1 atom stereocenters. The average Bonchev–Trinajstić information content (AvgIpc) is 3.01. The Hall–Kier alpha value is -2.11. The van der Waals surface area contributed by atoms with Crippen LogP contribution >= 0.6 is 11.6 Å². The molecule has 2 N–H and O–H groups in total. The molecule has 0 fully saturated rings. The van der Waals surface area contributed by atoms with Crippen LogP contribution in [0.25, 0.3) is 10.9 Å². The molecule has 21 heavy (non-hydrogen) atoms. The van der Waals surface area contributed by atoms with E-state index in [1.54, 1.807) is 18.4 Å². The molecule has 0 radical (unpaired) electrons. The lowest BCUT2D eigenvalue weighted by Crippen LogP contribution is -2.13. The average molecular weight is 304 g/mol. The van der Waals surface area contributed by atoms with Gasteiger partial charge in [-0.15, -0.1) is 0 Å². The Balaban J connectivity index is 1.96. The van der Waals surface area contributed by atoms with Gasteiger partial charge in [-0.25, -0.2) is 9.97 Å². The molecule has 1 unspecified atom stereocenters. The summed E-state index contributed by atoms with van der Waals surface area (Å²) in [7, 11) is 0. The number of halogens is 1. The molecule has 0 aliphatic carbocycles. The number of fused-ring (bicyclic) bond motifs is 1. The number of rotatable bonds is 5. The second-order valence-electron chi connectivity index (χ2n) is 4.61. The lowest BCUT2D eigenvalue weighted by molar-refractivity contribution is 0.273. The summed E-state index contributed by atoms with van der Waals surface area (Å²) in [6, 6.07) is 8.99. The third-order valence-corrected chi connectivity index (χ3v) is 3.45. The van der Waals surface area contributed by atoms with E-state index in [2.05, 4.69) is 15.3 Å². The minimum absolute atomic E-state index is 0.0488. The number of aliphatic hydroxyl groups excluding tert-OH is 1. The lowest BCUT2D eigenvalue weighted by atomic mass is 10.1. The molecule has 0 saturated heterocycles. The zero-order valence-electron chi connectivity index (χ0n) is 11.2. The quantitative estimate of drug-likeness (QED) is 0.756. The van der Waals surface area contributed by atoms with Crippen molar-refractivity contribution in [2.45, 2.75) is 12.5 Å². The molecule has 0 spiro atoms. The number of benzene rings is 1. The third-order valence-electron chi connectivity index (χ3n) is 3.21. The van der Waals surface area contributed by atoms with Crippen molar-refractivity contribution in [2.75, 3.05) is 11.9 Å². The Bertz CT molecular complexity index is 731. The molecule has 2 aromatic heterocycles. The van der Waals surface area contributed by atoms with Crippen molar-refractivity contribution in [1.82, 2.24) is 9.97 Å². The maximum atomic E-state index is 9.23. The van der Waals surface area contributed by atoms with E-state index in [0.717, 1.165) is 16.7 Å². The molecule has 1 aromatic carbocycles. The minimum atomic E-state index is -0.154. The van der Waals surface area contributed by atoms with E-state index >= 15 is 0 Å². The largest absolute Gasteiger partial charge is 0.467 e. The molecular formula is C15H14ClN3O2. The molecule has 0 amide bonds. The smallest absolute Gasteiger partial charge is 0.137 e. The van der Waals surface area contributed by atoms with Crippen LogP contribution in [0.15, 0.2) is 47.3 Å². The molecule has 6 heteroatoms. The number of hydrogen-bond acceptors (Lipinski definition) is 5. The summed E-state index contributed by atoms with van der Waals surface area (Å²) in [5.41, 5.74) is 0.766. The summed E-state index contributed by atoms with van der Waals surface area (Å²) in [6.45, 7) is 0.0488. The van der Waals surface area contributed by atoms with Gasteiger partial charge in [0.15, 0.2) is 0 Å². The maximum absolute atomic E-state index is 9.23. The second-order valence-corrected chi connectivity index (χ2v) is 5.04. The molecule has 108 valence electrons. The third kappa shape index (κ3) is 2.99. The fraction of sp³-hybridized carbons (Fsp3) is 0.200. The minimum Gasteiger partial charge on any atom is -0.467 e. The molecule has 0 saturated carbocycles. The van der Waals surface area contributed by atoms with Crippen molar-refractivity contribution in [3.63, 3.8) is 0 Å². The summed E-state index contributed by atoms with van der Waals surface area (Å²) >= 11 is 5.98. The van der Waals surface area contributed by atoms with Gasteiger partial charge in [0.1, 0.15) is 17.9 Å². The normalized spacial score (nSPS) is 12.5. The predicted octanol–water partition coefficient (Wildman–Crippen LogP) is 3.41. The van der Waals surface area contributed by atoms with Crippen LogP contribution in [-0.2, 0) is 0 Å². The topological polar surface area (TPSA) is 71.2 Å². The Kier molecular flexibility index (Phi) is 4.03. The predicted molar refractivity (Wildman–Crippen MR) is 81.3 cm³/mol. The fourth-order valence-electron chi connectivity index (χ4n) is 2.21. The molecule has 5 nitrogen and oxygen atoms in total. The highest BCUT2D eigenvalue weighted by Crippen LogP contribution is 2.27. The van der Waals surface area contributed by atoms with Gasteiger partial charge in [-0.3, -0.25) is 0 Å². The molecule has 3 aromatic rings. The van der Waals surface area contributed by atoms with E-state index in [9.17, 15) is 5.11 Å². The second kappa shape index (κ2) is 6.11. The summed E-state index contributed by atoms with van der Waals surface area (Å²) < 4.78 is 5.41. The van der Waals surface area contributed by atoms with E-state index in [-0.39, 0.29) is 12.6 Å². The van der Waals surface area contributed by atoms with E-state index in [4.69, 9.17) is 16.0 Å². The van der Waals surface area contributed by atoms with Gasteiger partial charge in [-0.05, 0) is 36.8 Å². The van der Waals surface area contributed by atoms with Crippen molar-refractivity contribution < 1.29 is 9.52 Å². The Morgan fingerprint density at radius 1 is 1.29 bits per heavy atom. The lowest BCUT2D eigenvalue weighted by Gasteiger charge is -2.17. The number of furan rings is 1. The number of hydrogen-bond donors (Lipinski definition) is 2. The monoisotopic (exact) mass is 303 g/mol. The molecular weight excluding hydrogens is 290 g/mol. The van der Waals surface area contributed by atoms with Crippen molar-refractivity contribution in [1.29, 1.82) is 0 Å². The number of aromatic nitrogens is 2. The molecule has 0 aliphatic heterocycles. The van der Waals surface area contributed by atoms with Crippen LogP contribution in [0.1, 0.15) is 18.2 Å². The summed E-state index contributed by atoms with van der Waals surface area (Å²) in [5.74, 6) is 1.44. The van der Waals surface area contributed by atoms with Crippen molar-refractivity contribution in [3.05, 3.63) is 53.7 Å². The standard InChI is InChI=1S/C15H14ClN3O2/c16-10-3-4-11-13(8-10)17-9-18-15(11)19-12(5-6-20)14-2-1-7-21-14/h1-4,7-9,12,20H,5-6H2,(H,17,18,19). The van der Waals surface area contributed by atoms with E-state index in [0.29, 0.717) is 17.3 Å². The maximum Gasteiger partial charge on any atom is 0.137 e. The van der Waals surface area contributed by atoms with Gasteiger partial charge in [0.2, 0.25) is 0 Å². The molecule has 3 rings (SSSR count). The van der Waals surface area contributed by atoms with Gasteiger partial charge in [0.05, 0.1) is 17.8 Å². The zero-order chi connectivity index (χ0) is 14.7. The van der Waals surface area contributed by atoms with Gasteiger partial charge in [-0.1, -0.05) is 11.6 Å². The first kappa shape index (κ1) is 13.9. The van der Waals surface area contributed by atoms with Crippen LogP contribution in [0, 0.1) is 0 Å². The SMILES string of the molecule is OCCC(Nc1ncnc2cc(Cl)ccc12)c1ccco1. The van der Waals surface area contributed by atoms with Gasteiger partial charge in [0, 0.05) is 17.0 Å². The van der Waals surface area contributed by atoms with E-state index in [1.165, 1.54) is 6.33 Å². The van der Waals surface area contributed by atoms with Crippen LogP contribution < -0.4 is 5.32 Å². The van der Waals surface area contributed by atoms with Gasteiger partial charge in [-0.2, -0.15) is 0 Å². The molecule has 0 aliphatic rings. The highest BCUT2D eigenvalue weighted by Gasteiger charge is 2.16. The molecule has 2 heterocycles. The van der Waals surface area contributed by atoms with Crippen LogP contribution in [0.3, 0.4) is 0 Å². The first-order valence-electron chi connectivity index (χ1n) is 6.59. The highest BCUT2D eigenvalue weighted by molar-refractivity contribution is 6.31. The Morgan fingerprint density at radius 2 is 2.19 bits per heavy atom. The highest BCUT2D eigenvalue weighted by atomic mass is 35.5. The van der Waals surface area contributed by atoms with Crippen LogP contribution in [-0.4, -0.2) is 21.7 Å². The van der Waals surface area contributed by atoms with Gasteiger partial charge in [0.25, 0.3) is 0 Å². The van der Waals surface area contributed by atoms with Gasteiger partial charge < -0.3 is 14.8 Å². The summed E-state index contributed by atoms with van der Waals surface area (Å²) in [5, 5.41) is 14.0. The number of nitrogens with one attached hydrogen (secondary N) is 1. The van der Waals surface area contributed by atoms with E-state index < -0.39 is 0 Å². The summed E-state index contributed by atoms with van der Waals surface area (Å²) in [4.78, 5) is 8.49. The number of aliphatic hydroxyl groups is 1. The van der Waals surface area contributed by atoms with Crippen LogP contribution in [0.4, 0.5) is 5.82 Å². The first-order chi connectivity index (χ1) is 10.3. The van der Waals surface area contributed by atoms with Gasteiger partial charge >= 0.3 is 0 Å². The molecule has 0 bridgehead atoms. The zero-order valence-corrected chi connectivity index (χ0v) is 11.9.